The van der Waals surface area contributed by atoms with Gasteiger partial charge in [-0.3, -0.25) is 0 Å². The van der Waals surface area contributed by atoms with Crippen molar-refractivity contribution >= 4 is 16.9 Å². The van der Waals surface area contributed by atoms with Crippen LogP contribution in [0.5, 0.6) is 11.6 Å². The van der Waals surface area contributed by atoms with E-state index in [1.807, 2.05) is 54.6 Å². The number of benzene rings is 3. The molecule has 0 saturated heterocycles. The fraction of sp³-hybridized carbons (Fsp3) is 0.0870. The van der Waals surface area contributed by atoms with Crippen LogP contribution in [0.4, 0.5) is 0 Å². The third-order valence-corrected chi connectivity index (χ3v) is 4.18. The predicted octanol–water partition coefficient (Wildman–Crippen LogP) is 5.27. The summed E-state index contributed by atoms with van der Waals surface area (Å²) in [5.41, 5.74) is 2.19. The number of fused-ring (bicyclic) bond motifs is 1. The van der Waals surface area contributed by atoms with E-state index in [1.165, 1.54) is 0 Å². The minimum Gasteiger partial charge on any atom is -0.462 e. The number of hydrogen-bond donors (Lipinski definition) is 0. The van der Waals surface area contributed by atoms with Gasteiger partial charge in [-0.25, -0.2) is 9.78 Å². The lowest BCUT2D eigenvalue weighted by molar-refractivity contribution is 0.0526. The largest absolute Gasteiger partial charge is 0.462 e. The number of carbonyl (C=O) groups excluding carboxylic acids is 1. The number of aromatic nitrogens is 2. The van der Waals surface area contributed by atoms with Gasteiger partial charge in [0.1, 0.15) is 5.75 Å². The van der Waals surface area contributed by atoms with Gasteiger partial charge in [0, 0.05) is 5.56 Å². The molecule has 4 aromatic rings. The Hall–Kier alpha value is -3.73. The SMILES string of the molecule is CCOC(=O)c1ccc(Oc2nc(-c3ccccc3)nc3ccccc23)cc1. The van der Waals surface area contributed by atoms with E-state index in [0.29, 0.717) is 29.6 Å². The molecule has 3 aromatic carbocycles. The van der Waals surface area contributed by atoms with Crippen LogP contribution in [0.1, 0.15) is 17.3 Å². The fourth-order valence-corrected chi connectivity index (χ4v) is 2.83. The van der Waals surface area contributed by atoms with Crippen molar-refractivity contribution in [1.82, 2.24) is 9.97 Å². The second-order valence-electron chi connectivity index (χ2n) is 6.08. The second-order valence-corrected chi connectivity index (χ2v) is 6.08. The summed E-state index contributed by atoms with van der Waals surface area (Å²) in [5.74, 6) is 1.29. The monoisotopic (exact) mass is 370 g/mol. The lowest BCUT2D eigenvalue weighted by atomic mass is 10.2. The number of rotatable bonds is 5. The molecule has 5 nitrogen and oxygen atoms in total. The van der Waals surface area contributed by atoms with Gasteiger partial charge in [-0.05, 0) is 43.3 Å². The van der Waals surface area contributed by atoms with Crippen LogP contribution in [0.2, 0.25) is 0 Å². The molecule has 0 unspecified atom stereocenters. The Morgan fingerprint density at radius 3 is 2.32 bits per heavy atom. The van der Waals surface area contributed by atoms with Crippen molar-refractivity contribution in [2.45, 2.75) is 6.92 Å². The number of esters is 1. The van der Waals surface area contributed by atoms with Gasteiger partial charge < -0.3 is 9.47 Å². The van der Waals surface area contributed by atoms with Gasteiger partial charge in [0.25, 0.3) is 0 Å². The zero-order valence-electron chi connectivity index (χ0n) is 15.3. The molecule has 0 aliphatic carbocycles. The maximum absolute atomic E-state index is 11.8. The molecule has 0 amide bonds. The Morgan fingerprint density at radius 2 is 1.57 bits per heavy atom. The molecule has 0 aliphatic rings. The summed E-state index contributed by atoms with van der Waals surface area (Å²) < 4.78 is 11.1. The molecular formula is C23H18N2O3. The molecule has 0 N–H and O–H groups in total. The highest BCUT2D eigenvalue weighted by Gasteiger charge is 2.12. The van der Waals surface area contributed by atoms with Gasteiger partial charge in [0.15, 0.2) is 5.82 Å². The molecule has 0 bridgehead atoms. The van der Waals surface area contributed by atoms with Crippen LogP contribution < -0.4 is 4.74 Å². The standard InChI is InChI=1S/C23H18N2O3/c1-2-27-23(26)17-12-14-18(15-13-17)28-22-19-10-6-7-11-20(19)24-21(25-22)16-8-4-3-5-9-16/h3-15H,2H2,1H3. The smallest absolute Gasteiger partial charge is 0.338 e. The number of para-hydroxylation sites is 1. The first-order valence-electron chi connectivity index (χ1n) is 9.02. The molecule has 0 atom stereocenters. The lowest BCUT2D eigenvalue weighted by Crippen LogP contribution is -2.04. The molecule has 0 radical (unpaired) electrons. The van der Waals surface area contributed by atoms with Crippen LogP contribution >= 0.6 is 0 Å². The number of nitrogens with zero attached hydrogens (tertiary/aromatic N) is 2. The Kier molecular flexibility index (Phi) is 4.97. The Balaban J connectivity index is 1.71. The first-order valence-corrected chi connectivity index (χ1v) is 9.02. The second kappa shape index (κ2) is 7.88. The topological polar surface area (TPSA) is 61.3 Å². The van der Waals surface area contributed by atoms with Gasteiger partial charge in [-0.1, -0.05) is 42.5 Å². The molecule has 138 valence electrons. The number of hydrogen-bond acceptors (Lipinski definition) is 5. The minimum atomic E-state index is -0.354. The quantitative estimate of drug-likeness (QED) is 0.448. The van der Waals surface area contributed by atoms with E-state index in [0.717, 1.165) is 16.5 Å². The van der Waals surface area contributed by atoms with Gasteiger partial charge in [-0.15, -0.1) is 0 Å². The summed E-state index contributed by atoms with van der Waals surface area (Å²) in [6.45, 7) is 2.12. The zero-order chi connectivity index (χ0) is 19.3. The van der Waals surface area contributed by atoms with Crippen molar-refractivity contribution < 1.29 is 14.3 Å². The Morgan fingerprint density at radius 1 is 0.857 bits per heavy atom. The van der Waals surface area contributed by atoms with Crippen molar-refractivity contribution in [2.24, 2.45) is 0 Å². The normalized spacial score (nSPS) is 10.6. The van der Waals surface area contributed by atoms with Gasteiger partial charge in [0.05, 0.1) is 23.1 Å². The molecular weight excluding hydrogens is 352 g/mol. The highest BCUT2D eigenvalue weighted by molar-refractivity contribution is 5.89. The summed E-state index contributed by atoms with van der Waals surface area (Å²) in [5, 5.41) is 0.816. The van der Waals surface area contributed by atoms with Gasteiger partial charge in [-0.2, -0.15) is 4.98 Å². The van der Waals surface area contributed by atoms with E-state index in [1.54, 1.807) is 31.2 Å². The molecule has 4 rings (SSSR count). The van der Waals surface area contributed by atoms with Crippen LogP contribution in [0.25, 0.3) is 22.3 Å². The highest BCUT2D eigenvalue weighted by Crippen LogP contribution is 2.30. The van der Waals surface area contributed by atoms with E-state index in [4.69, 9.17) is 9.47 Å². The van der Waals surface area contributed by atoms with Crippen LogP contribution in [-0.2, 0) is 4.74 Å². The molecule has 0 aliphatic heterocycles. The first-order chi connectivity index (χ1) is 13.7. The van der Waals surface area contributed by atoms with Crippen molar-refractivity contribution in [3.63, 3.8) is 0 Å². The summed E-state index contributed by atoms with van der Waals surface area (Å²) in [6, 6.07) is 24.3. The molecule has 1 aromatic heterocycles. The van der Waals surface area contributed by atoms with E-state index in [9.17, 15) is 4.79 Å². The third kappa shape index (κ3) is 3.69. The first kappa shape index (κ1) is 17.7. The zero-order valence-corrected chi connectivity index (χ0v) is 15.3. The average molecular weight is 370 g/mol. The summed E-state index contributed by atoms with van der Waals surface area (Å²) >= 11 is 0. The van der Waals surface area contributed by atoms with E-state index in [2.05, 4.69) is 9.97 Å². The van der Waals surface area contributed by atoms with E-state index in [-0.39, 0.29) is 5.97 Å². The maximum Gasteiger partial charge on any atom is 0.338 e. The average Bonchev–Trinajstić information content (AvgIpc) is 2.75. The van der Waals surface area contributed by atoms with Crippen LogP contribution in [0.15, 0.2) is 78.9 Å². The van der Waals surface area contributed by atoms with Gasteiger partial charge >= 0.3 is 5.97 Å². The maximum atomic E-state index is 11.8. The van der Waals surface area contributed by atoms with Gasteiger partial charge in [0.2, 0.25) is 5.88 Å². The number of ether oxygens (including phenoxy) is 2. The fourth-order valence-electron chi connectivity index (χ4n) is 2.83. The molecule has 0 spiro atoms. The molecule has 0 fully saturated rings. The summed E-state index contributed by atoms with van der Waals surface area (Å²) in [4.78, 5) is 21.1. The summed E-state index contributed by atoms with van der Waals surface area (Å²) in [7, 11) is 0. The predicted molar refractivity (Wildman–Crippen MR) is 107 cm³/mol. The lowest BCUT2D eigenvalue weighted by Gasteiger charge is -2.10. The summed E-state index contributed by atoms with van der Waals surface area (Å²) in [6.07, 6.45) is 0. The minimum absolute atomic E-state index is 0.340. The van der Waals surface area contributed by atoms with Crippen LogP contribution in [0, 0.1) is 0 Å². The van der Waals surface area contributed by atoms with Crippen molar-refractivity contribution in [3.8, 4) is 23.0 Å². The van der Waals surface area contributed by atoms with Crippen molar-refractivity contribution in [1.29, 1.82) is 0 Å². The van der Waals surface area contributed by atoms with E-state index >= 15 is 0 Å². The van der Waals surface area contributed by atoms with Crippen LogP contribution in [0.3, 0.4) is 0 Å². The molecule has 1 heterocycles. The molecule has 5 heteroatoms. The third-order valence-electron chi connectivity index (χ3n) is 4.18. The molecule has 28 heavy (non-hydrogen) atoms. The highest BCUT2D eigenvalue weighted by atomic mass is 16.5. The number of carbonyl (C=O) groups is 1. The molecule has 0 saturated carbocycles. The van der Waals surface area contributed by atoms with Crippen molar-refractivity contribution in [2.75, 3.05) is 6.61 Å². The Bertz CT molecular complexity index is 1110. The van der Waals surface area contributed by atoms with E-state index < -0.39 is 0 Å². The van der Waals surface area contributed by atoms with Crippen LogP contribution in [-0.4, -0.2) is 22.5 Å². The Labute approximate surface area is 162 Å². The van der Waals surface area contributed by atoms with Crippen molar-refractivity contribution in [3.05, 3.63) is 84.4 Å².